The van der Waals surface area contributed by atoms with Crippen LogP contribution in [0.2, 0.25) is 5.02 Å². The Morgan fingerprint density at radius 3 is 2.43 bits per heavy atom. The smallest absolute Gasteiger partial charge is 0.242 e. The first-order chi connectivity index (χ1) is 14.4. The van der Waals surface area contributed by atoms with Crippen molar-refractivity contribution in [1.82, 2.24) is 10.2 Å². The molecular weight excluding hydrogens is 423 g/mol. The fourth-order valence-corrected chi connectivity index (χ4v) is 3.80. The zero-order chi connectivity index (χ0) is 21.9. The zero-order valence-corrected chi connectivity index (χ0v) is 18.9. The van der Waals surface area contributed by atoms with Gasteiger partial charge in [0.25, 0.3) is 0 Å². The minimum Gasteiger partial charge on any atom is -0.354 e. The average Bonchev–Trinajstić information content (AvgIpc) is 2.74. The molecule has 30 heavy (non-hydrogen) atoms. The summed E-state index contributed by atoms with van der Waals surface area (Å²) >= 11 is 7.47. The van der Waals surface area contributed by atoms with E-state index in [1.54, 1.807) is 35.7 Å². The second-order valence-corrected chi connectivity index (χ2v) is 8.63. The molecule has 1 atom stereocenters. The van der Waals surface area contributed by atoms with Gasteiger partial charge in [0.05, 0.1) is 0 Å². The lowest BCUT2D eigenvalue weighted by Gasteiger charge is -2.29. The first-order valence-corrected chi connectivity index (χ1v) is 11.5. The highest BCUT2D eigenvalue weighted by Crippen LogP contribution is 2.22. The van der Waals surface area contributed by atoms with Gasteiger partial charge in [0.15, 0.2) is 0 Å². The highest BCUT2D eigenvalue weighted by Gasteiger charge is 2.25. The molecule has 0 saturated carbocycles. The van der Waals surface area contributed by atoms with E-state index < -0.39 is 6.04 Å². The molecule has 0 saturated heterocycles. The maximum atomic E-state index is 13.2. The number of nitrogens with zero attached hydrogens (tertiary/aromatic N) is 1. The van der Waals surface area contributed by atoms with Crippen molar-refractivity contribution in [2.45, 2.75) is 50.6 Å². The molecule has 0 bridgehead atoms. The van der Waals surface area contributed by atoms with E-state index in [2.05, 4.69) is 12.2 Å². The van der Waals surface area contributed by atoms with Crippen molar-refractivity contribution in [3.05, 3.63) is 64.9 Å². The molecular formula is C23H28ClFN2O2S. The van der Waals surface area contributed by atoms with Crippen LogP contribution < -0.4 is 5.32 Å². The topological polar surface area (TPSA) is 49.4 Å². The van der Waals surface area contributed by atoms with E-state index in [4.69, 9.17) is 11.6 Å². The molecule has 4 nitrogen and oxygen atoms in total. The number of hydrogen-bond donors (Lipinski definition) is 1. The Bertz CT molecular complexity index is 815. The molecule has 2 rings (SSSR count). The van der Waals surface area contributed by atoms with Crippen LogP contribution in [0.15, 0.2) is 53.4 Å². The van der Waals surface area contributed by atoms with Crippen LogP contribution in [-0.4, -0.2) is 35.1 Å². The molecule has 2 aromatic carbocycles. The molecule has 0 aliphatic heterocycles. The van der Waals surface area contributed by atoms with Crippen LogP contribution in [0.5, 0.6) is 0 Å². The Morgan fingerprint density at radius 1 is 1.13 bits per heavy atom. The summed E-state index contributed by atoms with van der Waals surface area (Å²) in [5.41, 5.74) is 0.781. The van der Waals surface area contributed by atoms with Crippen LogP contribution in [0.3, 0.4) is 0 Å². The highest BCUT2D eigenvalue weighted by atomic mass is 35.5. The number of thioether (sulfide) groups is 1. The molecule has 2 aromatic rings. The van der Waals surface area contributed by atoms with E-state index in [1.807, 2.05) is 24.3 Å². The van der Waals surface area contributed by atoms with Gasteiger partial charge in [0.2, 0.25) is 11.8 Å². The molecule has 0 aliphatic rings. The fourth-order valence-electron chi connectivity index (χ4n) is 2.84. The van der Waals surface area contributed by atoms with Crippen molar-refractivity contribution < 1.29 is 14.0 Å². The van der Waals surface area contributed by atoms with E-state index in [0.717, 1.165) is 23.3 Å². The molecule has 0 unspecified atom stereocenters. The van der Waals surface area contributed by atoms with Gasteiger partial charge in [-0.2, -0.15) is 0 Å². The summed E-state index contributed by atoms with van der Waals surface area (Å²) in [6.45, 7) is 4.63. The van der Waals surface area contributed by atoms with Gasteiger partial charge in [-0.1, -0.05) is 37.1 Å². The van der Waals surface area contributed by atoms with Crippen LogP contribution in [0.1, 0.15) is 38.7 Å². The summed E-state index contributed by atoms with van der Waals surface area (Å²) in [5, 5.41) is 3.56. The highest BCUT2D eigenvalue weighted by molar-refractivity contribution is 7.99. The molecule has 2 amide bonds. The van der Waals surface area contributed by atoms with E-state index in [1.165, 1.54) is 12.1 Å². The Morgan fingerprint density at radius 2 is 1.80 bits per heavy atom. The van der Waals surface area contributed by atoms with Crippen LogP contribution in [0.4, 0.5) is 4.39 Å². The summed E-state index contributed by atoms with van der Waals surface area (Å²) < 4.78 is 13.2. The Labute approximate surface area is 187 Å². The monoisotopic (exact) mass is 450 g/mol. The molecule has 1 N–H and O–H groups in total. The molecule has 0 aromatic heterocycles. The normalized spacial score (nSPS) is 11.7. The number of carbonyl (C=O) groups excluding carboxylic acids is 2. The number of unbranched alkanes of at least 4 members (excludes halogenated alkanes) is 1. The number of hydrogen-bond acceptors (Lipinski definition) is 3. The number of halogens is 2. The van der Waals surface area contributed by atoms with Crippen LogP contribution in [-0.2, 0) is 16.1 Å². The van der Waals surface area contributed by atoms with E-state index in [0.29, 0.717) is 23.7 Å². The van der Waals surface area contributed by atoms with Gasteiger partial charge >= 0.3 is 0 Å². The number of nitrogens with one attached hydrogen (secondary N) is 1. The maximum absolute atomic E-state index is 13.2. The predicted molar refractivity (Wildman–Crippen MR) is 121 cm³/mol. The third-order valence-corrected chi connectivity index (χ3v) is 5.93. The Hall–Kier alpha value is -2.05. The molecule has 162 valence electrons. The van der Waals surface area contributed by atoms with Gasteiger partial charge in [-0.3, -0.25) is 9.59 Å². The van der Waals surface area contributed by atoms with Gasteiger partial charge in [-0.25, -0.2) is 4.39 Å². The van der Waals surface area contributed by atoms with Gasteiger partial charge < -0.3 is 10.2 Å². The first-order valence-electron chi connectivity index (χ1n) is 10.1. The van der Waals surface area contributed by atoms with Crippen LogP contribution >= 0.6 is 23.4 Å². The number of carbonyl (C=O) groups is 2. The van der Waals surface area contributed by atoms with Crippen LogP contribution in [0, 0.1) is 5.82 Å². The summed E-state index contributed by atoms with van der Waals surface area (Å²) in [6, 6.07) is 12.8. The SMILES string of the molecule is CCCCNC(=O)[C@H](C)N(Cc1ccc(F)cc1)C(=O)CCSc1ccc(Cl)cc1. The van der Waals surface area contributed by atoms with Crippen molar-refractivity contribution in [2.24, 2.45) is 0 Å². The molecule has 0 spiro atoms. The summed E-state index contributed by atoms with van der Waals surface area (Å²) in [7, 11) is 0. The van der Waals surface area contributed by atoms with Gasteiger partial charge in [-0.05, 0) is 55.3 Å². The predicted octanol–water partition coefficient (Wildman–Crippen LogP) is 5.29. The number of benzene rings is 2. The van der Waals surface area contributed by atoms with E-state index in [9.17, 15) is 14.0 Å². The minimum absolute atomic E-state index is 0.112. The quantitative estimate of drug-likeness (QED) is 0.373. The average molecular weight is 451 g/mol. The maximum Gasteiger partial charge on any atom is 0.242 e. The third-order valence-electron chi connectivity index (χ3n) is 4.66. The summed E-state index contributed by atoms with van der Waals surface area (Å²) in [6.07, 6.45) is 2.16. The number of amides is 2. The third kappa shape index (κ3) is 8.00. The van der Waals surface area contributed by atoms with Gasteiger partial charge in [-0.15, -0.1) is 11.8 Å². The van der Waals surface area contributed by atoms with E-state index in [-0.39, 0.29) is 24.2 Å². The lowest BCUT2D eigenvalue weighted by atomic mass is 10.1. The van der Waals surface area contributed by atoms with Crippen LogP contribution in [0.25, 0.3) is 0 Å². The van der Waals surface area contributed by atoms with Crippen molar-refractivity contribution in [3.63, 3.8) is 0 Å². The van der Waals surface area contributed by atoms with Crippen molar-refractivity contribution in [1.29, 1.82) is 0 Å². The Kier molecular flexibility index (Phi) is 10.2. The van der Waals surface area contributed by atoms with Crippen molar-refractivity contribution in [3.8, 4) is 0 Å². The van der Waals surface area contributed by atoms with Gasteiger partial charge in [0, 0.05) is 35.2 Å². The molecule has 0 fully saturated rings. The number of rotatable bonds is 11. The zero-order valence-electron chi connectivity index (χ0n) is 17.4. The largest absolute Gasteiger partial charge is 0.354 e. The fraction of sp³-hybridized carbons (Fsp3) is 0.391. The lowest BCUT2D eigenvalue weighted by molar-refractivity contribution is -0.140. The molecule has 0 aliphatic carbocycles. The minimum atomic E-state index is -0.611. The molecule has 0 radical (unpaired) electrons. The second-order valence-electron chi connectivity index (χ2n) is 7.02. The summed E-state index contributed by atoms with van der Waals surface area (Å²) in [4.78, 5) is 28.1. The molecule has 0 heterocycles. The second kappa shape index (κ2) is 12.6. The van der Waals surface area contributed by atoms with Crippen molar-refractivity contribution in [2.75, 3.05) is 12.3 Å². The molecule has 7 heteroatoms. The van der Waals surface area contributed by atoms with Gasteiger partial charge in [0.1, 0.15) is 11.9 Å². The lowest BCUT2D eigenvalue weighted by Crippen LogP contribution is -2.47. The Balaban J connectivity index is 2.02. The standard InChI is InChI=1S/C23H28ClFN2O2S/c1-3-4-14-26-23(29)17(2)27(16-18-5-9-20(25)10-6-18)22(28)13-15-30-21-11-7-19(24)8-12-21/h5-12,17H,3-4,13-16H2,1-2H3,(H,26,29)/t17-/m0/s1. The first kappa shape index (κ1) is 24.2. The van der Waals surface area contributed by atoms with Crippen molar-refractivity contribution >= 4 is 35.2 Å². The van der Waals surface area contributed by atoms with E-state index >= 15 is 0 Å². The summed E-state index contributed by atoms with van der Waals surface area (Å²) in [5.74, 6) is -0.0329.